The van der Waals surface area contributed by atoms with Crippen LogP contribution in [0.3, 0.4) is 0 Å². The Morgan fingerprint density at radius 2 is 1.95 bits per heavy atom. The van der Waals surface area contributed by atoms with Gasteiger partial charge in [-0.2, -0.15) is 5.26 Å². The van der Waals surface area contributed by atoms with Gasteiger partial charge in [-0.3, -0.25) is 0 Å². The summed E-state index contributed by atoms with van der Waals surface area (Å²) in [6, 6.07) is 12.1. The minimum Gasteiger partial charge on any atom is -0.493 e. The second-order valence-electron chi connectivity index (χ2n) is 4.17. The number of nitrogens with zero attached hydrogens (tertiary/aromatic N) is 1. The molecule has 0 saturated carbocycles. The van der Waals surface area contributed by atoms with Gasteiger partial charge in [0.15, 0.2) is 29.7 Å². The normalized spacial score (nSPS) is 9.68. The van der Waals surface area contributed by atoms with Gasteiger partial charge in [0.25, 0.3) is 0 Å². The van der Waals surface area contributed by atoms with Gasteiger partial charge in [-0.1, -0.05) is 12.1 Å². The molecule has 0 N–H and O–H groups in total. The van der Waals surface area contributed by atoms with Crippen LogP contribution >= 0.6 is 0 Å². The van der Waals surface area contributed by atoms with Crippen LogP contribution in [0, 0.1) is 17.1 Å². The van der Waals surface area contributed by atoms with Crippen molar-refractivity contribution in [2.75, 3.05) is 13.7 Å². The molecule has 0 atom stereocenters. The van der Waals surface area contributed by atoms with E-state index in [1.807, 2.05) is 6.07 Å². The molecule has 2 aromatic carbocycles. The molecule has 0 bridgehead atoms. The fraction of sp³-hybridized carbons (Fsp3) is 0.125. The largest absolute Gasteiger partial charge is 0.493 e. The van der Waals surface area contributed by atoms with Crippen LogP contribution in [-0.4, -0.2) is 19.7 Å². The Balaban J connectivity index is 2.01. The number of esters is 1. The third-order valence-electron chi connectivity index (χ3n) is 2.70. The first-order valence-corrected chi connectivity index (χ1v) is 6.30. The summed E-state index contributed by atoms with van der Waals surface area (Å²) in [5, 5.41) is 8.80. The van der Waals surface area contributed by atoms with Crippen LogP contribution in [-0.2, 0) is 4.79 Å². The Kier molecular flexibility index (Phi) is 4.94. The number of carbonyl (C=O) groups excluding carboxylic acids is 1. The van der Waals surface area contributed by atoms with Crippen molar-refractivity contribution in [1.29, 1.82) is 5.26 Å². The summed E-state index contributed by atoms with van der Waals surface area (Å²) in [4.78, 5) is 11.7. The Labute approximate surface area is 126 Å². The van der Waals surface area contributed by atoms with Gasteiger partial charge in [0.05, 0.1) is 18.7 Å². The van der Waals surface area contributed by atoms with Gasteiger partial charge in [-0.15, -0.1) is 0 Å². The molecular formula is C16H12FNO4. The van der Waals surface area contributed by atoms with Gasteiger partial charge in [0.2, 0.25) is 0 Å². The molecule has 0 unspecified atom stereocenters. The number of ether oxygens (including phenoxy) is 3. The van der Waals surface area contributed by atoms with E-state index >= 15 is 0 Å². The van der Waals surface area contributed by atoms with Crippen molar-refractivity contribution in [2.24, 2.45) is 0 Å². The first-order chi connectivity index (χ1) is 10.6. The lowest BCUT2D eigenvalue weighted by molar-refractivity contribution is -0.136. The van der Waals surface area contributed by atoms with Crippen LogP contribution in [0.5, 0.6) is 17.2 Å². The SMILES string of the molecule is COc1cc(C#N)ccc1OC(=O)COc1ccccc1F. The smallest absolute Gasteiger partial charge is 0.349 e. The molecule has 0 heterocycles. The number of hydrogen-bond acceptors (Lipinski definition) is 5. The highest BCUT2D eigenvalue weighted by Gasteiger charge is 2.12. The number of carbonyl (C=O) groups is 1. The standard InChI is InChI=1S/C16H12FNO4/c1-20-15-8-11(9-18)6-7-14(15)22-16(19)10-21-13-5-3-2-4-12(13)17/h2-8H,10H2,1H3. The zero-order chi connectivity index (χ0) is 15.9. The minimum atomic E-state index is -0.716. The highest BCUT2D eigenvalue weighted by Crippen LogP contribution is 2.28. The monoisotopic (exact) mass is 301 g/mol. The van der Waals surface area contributed by atoms with Gasteiger partial charge >= 0.3 is 5.97 Å². The molecule has 0 fully saturated rings. The maximum Gasteiger partial charge on any atom is 0.349 e. The van der Waals surface area contributed by atoms with Crippen molar-refractivity contribution in [1.82, 2.24) is 0 Å². The second-order valence-corrected chi connectivity index (χ2v) is 4.17. The number of hydrogen-bond donors (Lipinski definition) is 0. The summed E-state index contributed by atoms with van der Waals surface area (Å²) in [5.41, 5.74) is 0.374. The van der Waals surface area contributed by atoms with Crippen molar-refractivity contribution in [2.45, 2.75) is 0 Å². The summed E-state index contributed by atoms with van der Waals surface area (Å²) >= 11 is 0. The molecule has 0 spiro atoms. The third kappa shape index (κ3) is 3.73. The fourth-order valence-corrected chi connectivity index (χ4v) is 1.67. The zero-order valence-electron chi connectivity index (χ0n) is 11.7. The number of para-hydroxylation sites is 1. The van der Waals surface area contributed by atoms with E-state index in [2.05, 4.69) is 0 Å². The molecule has 22 heavy (non-hydrogen) atoms. The van der Waals surface area contributed by atoms with Crippen LogP contribution in [0.25, 0.3) is 0 Å². The van der Waals surface area contributed by atoms with Crippen molar-refractivity contribution in [3.8, 4) is 23.3 Å². The van der Waals surface area contributed by atoms with Gasteiger partial charge in [-0.25, -0.2) is 9.18 Å². The van der Waals surface area contributed by atoms with E-state index in [-0.39, 0.29) is 17.2 Å². The Morgan fingerprint density at radius 1 is 1.18 bits per heavy atom. The molecule has 0 aromatic heterocycles. The summed E-state index contributed by atoms with van der Waals surface area (Å²) in [6.07, 6.45) is 0. The van der Waals surface area contributed by atoms with E-state index in [0.29, 0.717) is 5.56 Å². The fourth-order valence-electron chi connectivity index (χ4n) is 1.67. The molecule has 0 aliphatic carbocycles. The summed E-state index contributed by atoms with van der Waals surface area (Å²) < 4.78 is 28.5. The Bertz CT molecular complexity index is 724. The zero-order valence-corrected chi connectivity index (χ0v) is 11.7. The summed E-state index contributed by atoms with van der Waals surface area (Å²) in [7, 11) is 1.39. The predicted molar refractivity (Wildman–Crippen MR) is 75.2 cm³/mol. The van der Waals surface area contributed by atoms with Gasteiger partial charge in [-0.05, 0) is 24.3 Å². The van der Waals surface area contributed by atoms with Crippen molar-refractivity contribution in [3.63, 3.8) is 0 Å². The lowest BCUT2D eigenvalue weighted by Gasteiger charge is -2.10. The Morgan fingerprint density at radius 3 is 2.64 bits per heavy atom. The number of halogens is 1. The predicted octanol–water partition coefficient (Wildman–Crippen LogP) is 2.69. The molecule has 0 radical (unpaired) electrons. The number of benzene rings is 2. The molecule has 0 saturated heterocycles. The first-order valence-electron chi connectivity index (χ1n) is 6.30. The number of nitriles is 1. The molecular weight excluding hydrogens is 289 g/mol. The van der Waals surface area contributed by atoms with E-state index < -0.39 is 18.4 Å². The van der Waals surface area contributed by atoms with E-state index in [1.54, 1.807) is 6.07 Å². The molecule has 6 heteroatoms. The van der Waals surface area contributed by atoms with Crippen molar-refractivity contribution < 1.29 is 23.4 Å². The number of methoxy groups -OCH3 is 1. The van der Waals surface area contributed by atoms with Crippen LogP contribution < -0.4 is 14.2 Å². The first kappa shape index (κ1) is 15.3. The third-order valence-corrected chi connectivity index (χ3v) is 2.70. The maximum absolute atomic E-state index is 13.3. The molecule has 112 valence electrons. The summed E-state index contributed by atoms with van der Waals surface area (Å²) in [6.45, 7) is -0.454. The minimum absolute atomic E-state index is 0.0359. The van der Waals surface area contributed by atoms with E-state index in [9.17, 15) is 9.18 Å². The molecule has 2 rings (SSSR count). The lowest BCUT2D eigenvalue weighted by atomic mass is 10.2. The highest BCUT2D eigenvalue weighted by molar-refractivity contribution is 5.75. The van der Waals surface area contributed by atoms with E-state index in [1.165, 1.54) is 43.5 Å². The topological polar surface area (TPSA) is 68.5 Å². The molecule has 0 aliphatic rings. The van der Waals surface area contributed by atoms with Crippen LogP contribution in [0.2, 0.25) is 0 Å². The Hall–Kier alpha value is -3.07. The maximum atomic E-state index is 13.3. The lowest BCUT2D eigenvalue weighted by Crippen LogP contribution is -2.18. The average Bonchev–Trinajstić information content (AvgIpc) is 2.54. The quantitative estimate of drug-likeness (QED) is 0.627. The molecule has 5 nitrogen and oxygen atoms in total. The highest BCUT2D eigenvalue weighted by atomic mass is 19.1. The number of rotatable bonds is 5. The van der Waals surface area contributed by atoms with Gasteiger partial charge in [0.1, 0.15) is 0 Å². The average molecular weight is 301 g/mol. The molecule has 2 aromatic rings. The second kappa shape index (κ2) is 7.09. The van der Waals surface area contributed by atoms with Crippen LogP contribution in [0.4, 0.5) is 4.39 Å². The van der Waals surface area contributed by atoms with Crippen molar-refractivity contribution in [3.05, 3.63) is 53.8 Å². The van der Waals surface area contributed by atoms with Gasteiger partial charge in [0, 0.05) is 6.07 Å². The van der Waals surface area contributed by atoms with Crippen LogP contribution in [0.15, 0.2) is 42.5 Å². The summed E-state index contributed by atoms with van der Waals surface area (Å²) in [5.74, 6) is -0.911. The van der Waals surface area contributed by atoms with Gasteiger partial charge < -0.3 is 14.2 Å². The molecule has 0 aliphatic heterocycles. The molecule has 0 amide bonds. The van der Waals surface area contributed by atoms with Crippen molar-refractivity contribution >= 4 is 5.97 Å². The van der Waals surface area contributed by atoms with E-state index in [0.717, 1.165) is 0 Å². The van der Waals surface area contributed by atoms with E-state index in [4.69, 9.17) is 19.5 Å². The van der Waals surface area contributed by atoms with Crippen LogP contribution in [0.1, 0.15) is 5.56 Å².